The molecular formula is C18H21N. The van der Waals surface area contributed by atoms with Crippen molar-refractivity contribution in [2.24, 2.45) is 0 Å². The van der Waals surface area contributed by atoms with Gasteiger partial charge in [0.25, 0.3) is 0 Å². The van der Waals surface area contributed by atoms with Gasteiger partial charge in [0.1, 0.15) is 0 Å². The predicted molar refractivity (Wildman–Crippen MR) is 82.0 cm³/mol. The lowest BCUT2D eigenvalue weighted by molar-refractivity contribution is 0.814. The highest BCUT2D eigenvalue weighted by atomic mass is 14.7. The number of hydrogen-bond donors (Lipinski definition) is 0. The third kappa shape index (κ3) is 4.36. The highest BCUT2D eigenvalue weighted by Crippen LogP contribution is 2.19. The topological polar surface area (TPSA) is 12.9 Å². The summed E-state index contributed by atoms with van der Waals surface area (Å²) in [6, 6.07) is 14.8. The zero-order valence-electron chi connectivity index (χ0n) is 11.8. The summed E-state index contributed by atoms with van der Waals surface area (Å²) in [5.74, 6) is 0. The molecule has 0 radical (unpaired) electrons. The Bertz CT molecular complexity index is 537. The number of pyridine rings is 1. The van der Waals surface area contributed by atoms with Gasteiger partial charge in [-0.2, -0.15) is 0 Å². The molecule has 1 aromatic heterocycles. The number of benzene rings is 1. The standard InChI is InChI=1S/C18H21N/c1-15(2)8-6-7-11-18-14-17(12-13-19-18)16-9-4-3-5-10-16/h3-5,8-10,12-14H,6-7,11H2,1-2H3. The molecule has 0 saturated heterocycles. The molecule has 0 aliphatic carbocycles. The Kier molecular flexibility index (Phi) is 4.91. The molecule has 0 spiro atoms. The number of aryl methyl sites for hydroxylation is 1. The fourth-order valence-electron chi connectivity index (χ4n) is 2.10. The number of allylic oxidation sites excluding steroid dienone is 2. The zero-order valence-corrected chi connectivity index (χ0v) is 11.8. The predicted octanol–water partition coefficient (Wildman–Crippen LogP) is 5.04. The molecule has 0 amide bonds. The highest BCUT2D eigenvalue weighted by Gasteiger charge is 1.99. The molecule has 0 saturated carbocycles. The van der Waals surface area contributed by atoms with Gasteiger partial charge in [0, 0.05) is 11.9 Å². The maximum atomic E-state index is 4.46. The van der Waals surface area contributed by atoms with Gasteiger partial charge in [0.15, 0.2) is 0 Å². The van der Waals surface area contributed by atoms with E-state index in [-0.39, 0.29) is 0 Å². The van der Waals surface area contributed by atoms with Crippen LogP contribution in [0.25, 0.3) is 11.1 Å². The first kappa shape index (κ1) is 13.5. The quantitative estimate of drug-likeness (QED) is 0.536. The van der Waals surface area contributed by atoms with E-state index in [1.807, 2.05) is 12.3 Å². The molecule has 1 nitrogen and oxygen atoms in total. The SMILES string of the molecule is CC(C)=CCCCc1cc(-c2ccccc2)ccn1. The molecule has 0 unspecified atom stereocenters. The van der Waals surface area contributed by atoms with Gasteiger partial charge in [-0.1, -0.05) is 42.0 Å². The summed E-state index contributed by atoms with van der Waals surface area (Å²) in [5.41, 5.74) is 5.10. The fourth-order valence-corrected chi connectivity index (χ4v) is 2.10. The van der Waals surface area contributed by atoms with Crippen LogP contribution in [-0.4, -0.2) is 4.98 Å². The van der Waals surface area contributed by atoms with Crippen molar-refractivity contribution in [3.8, 4) is 11.1 Å². The number of rotatable bonds is 5. The van der Waals surface area contributed by atoms with Gasteiger partial charge in [-0.05, 0) is 56.4 Å². The van der Waals surface area contributed by atoms with E-state index in [0.717, 1.165) is 19.3 Å². The second kappa shape index (κ2) is 6.89. The van der Waals surface area contributed by atoms with Crippen LogP contribution in [0.3, 0.4) is 0 Å². The Hall–Kier alpha value is -1.89. The van der Waals surface area contributed by atoms with Crippen LogP contribution in [0.4, 0.5) is 0 Å². The molecule has 1 aromatic carbocycles. The fraction of sp³-hybridized carbons (Fsp3) is 0.278. The molecule has 0 atom stereocenters. The minimum Gasteiger partial charge on any atom is -0.261 e. The van der Waals surface area contributed by atoms with E-state index >= 15 is 0 Å². The number of unbranched alkanes of at least 4 members (excludes halogenated alkanes) is 1. The normalized spacial score (nSPS) is 10.2. The molecule has 1 heteroatoms. The van der Waals surface area contributed by atoms with Gasteiger partial charge in [-0.25, -0.2) is 0 Å². The lowest BCUT2D eigenvalue weighted by Crippen LogP contribution is -1.90. The van der Waals surface area contributed by atoms with Crippen LogP contribution in [0.15, 0.2) is 60.3 Å². The van der Waals surface area contributed by atoms with Crippen LogP contribution >= 0.6 is 0 Å². The summed E-state index contributed by atoms with van der Waals surface area (Å²) in [7, 11) is 0. The Morgan fingerprint density at radius 1 is 1.05 bits per heavy atom. The Labute approximate surface area is 116 Å². The molecule has 2 aromatic rings. The van der Waals surface area contributed by atoms with Crippen molar-refractivity contribution < 1.29 is 0 Å². The van der Waals surface area contributed by atoms with Crippen molar-refractivity contribution in [1.82, 2.24) is 4.98 Å². The largest absolute Gasteiger partial charge is 0.261 e. The van der Waals surface area contributed by atoms with E-state index < -0.39 is 0 Å². The van der Waals surface area contributed by atoms with Gasteiger partial charge < -0.3 is 0 Å². The zero-order chi connectivity index (χ0) is 13.5. The summed E-state index contributed by atoms with van der Waals surface area (Å²) in [6.45, 7) is 4.29. The van der Waals surface area contributed by atoms with Crippen LogP contribution in [0, 0.1) is 0 Å². The van der Waals surface area contributed by atoms with Crippen molar-refractivity contribution in [2.75, 3.05) is 0 Å². The van der Waals surface area contributed by atoms with Crippen LogP contribution in [0.5, 0.6) is 0 Å². The molecule has 0 fully saturated rings. The summed E-state index contributed by atoms with van der Waals surface area (Å²) in [6.07, 6.45) is 7.56. The van der Waals surface area contributed by atoms with Gasteiger partial charge >= 0.3 is 0 Å². The smallest absolute Gasteiger partial charge is 0.0409 e. The van der Waals surface area contributed by atoms with Crippen molar-refractivity contribution in [1.29, 1.82) is 0 Å². The molecule has 0 N–H and O–H groups in total. The van der Waals surface area contributed by atoms with Gasteiger partial charge in [-0.3, -0.25) is 4.98 Å². The van der Waals surface area contributed by atoms with E-state index in [1.54, 1.807) is 0 Å². The van der Waals surface area contributed by atoms with Gasteiger partial charge in [-0.15, -0.1) is 0 Å². The summed E-state index contributed by atoms with van der Waals surface area (Å²) in [5, 5.41) is 0. The minimum absolute atomic E-state index is 1.05. The molecule has 0 aliphatic rings. The summed E-state index contributed by atoms with van der Waals surface area (Å²) >= 11 is 0. The second-order valence-electron chi connectivity index (χ2n) is 5.08. The number of aromatic nitrogens is 1. The van der Waals surface area contributed by atoms with E-state index in [0.29, 0.717) is 0 Å². The first-order valence-corrected chi connectivity index (χ1v) is 6.89. The Balaban J connectivity index is 2.02. The van der Waals surface area contributed by atoms with Crippen molar-refractivity contribution in [3.05, 3.63) is 66.0 Å². The summed E-state index contributed by atoms with van der Waals surface area (Å²) in [4.78, 5) is 4.46. The first-order valence-electron chi connectivity index (χ1n) is 6.89. The van der Waals surface area contributed by atoms with Crippen LogP contribution in [0.1, 0.15) is 32.4 Å². The molecule has 1 heterocycles. The lowest BCUT2D eigenvalue weighted by Gasteiger charge is -2.04. The van der Waals surface area contributed by atoms with E-state index in [2.05, 4.69) is 61.3 Å². The maximum absolute atomic E-state index is 4.46. The minimum atomic E-state index is 1.05. The van der Waals surface area contributed by atoms with Crippen LogP contribution < -0.4 is 0 Å². The van der Waals surface area contributed by atoms with E-state index in [9.17, 15) is 0 Å². The third-order valence-electron chi connectivity index (χ3n) is 3.11. The summed E-state index contributed by atoms with van der Waals surface area (Å²) < 4.78 is 0. The first-order chi connectivity index (χ1) is 9.25. The van der Waals surface area contributed by atoms with Gasteiger partial charge in [0.05, 0.1) is 0 Å². The third-order valence-corrected chi connectivity index (χ3v) is 3.11. The number of nitrogens with zero attached hydrogens (tertiary/aromatic N) is 1. The van der Waals surface area contributed by atoms with Crippen LogP contribution in [-0.2, 0) is 6.42 Å². The van der Waals surface area contributed by atoms with Crippen molar-refractivity contribution in [3.63, 3.8) is 0 Å². The molecule has 19 heavy (non-hydrogen) atoms. The van der Waals surface area contributed by atoms with Crippen molar-refractivity contribution >= 4 is 0 Å². The highest BCUT2D eigenvalue weighted by molar-refractivity contribution is 5.63. The van der Waals surface area contributed by atoms with E-state index in [4.69, 9.17) is 0 Å². The van der Waals surface area contributed by atoms with E-state index in [1.165, 1.54) is 22.4 Å². The second-order valence-corrected chi connectivity index (χ2v) is 5.08. The maximum Gasteiger partial charge on any atom is 0.0409 e. The van der Waals surface area contributed by atoms with Crippen LogP contribution in [0.2, 0.25) is 0 Å². The average molecular weight is 251 g/mol. The van der Waals surface area contributed by atoms with Gasteiger partial charge in [0.2, 0.25) is 0 Å². The molecule has 2 rings (SSSR count). The Morgan fingerprint density at radius 2 is 1.84 bits per heavy atom. The Morgan fingerprint density at radius 3 is 2.58 bits per heavy atom. The average Bonchev–Trinajstić information content (AvgIpc) is 2.45. The molecule has 0 aliphatic heterocycles. The molecule has 98 valence electrons. The monoisotopic (exact) mass is 251 g/mol. The molecule has 0 bridgehead atoms. The number of hydrogen-bond acceptors (Lipinski definition) is 1. The van der Waals surface area contributed by atoms with Crippen molar-refractivity contribution in [2.45, 2.75) is 33.1 Å². The molecular weight excluding hydrogens is 230 g/mol. The lowest BCUT2D eigenvalue weighted by atomic mass is 10.0.